The van der Waals surface area contributed by atoms with Crippen molar-refractivity contribution in [3.8, 4) is 0 Å². The van der Waals surface area contributed by atoms with Crippen molar-refractivity contribution < 1.29 is 17.9 Å². The number of nitrogens with zero attached hydrogens (tertiary/aromatic N) is 1. The van der Waals surface area contributed by atoms with Crippen molar-refractivity contribution in [1.82, 2.24) is 4.83 Å². The second-order valence-electron chi connectivity index (χ2n) is 3.93. The Morgan fingerprint density at radius 2 is 1.90 bits per heavy atom. The van der Waals surface area contributed by atoms with Crippen molar-refractivity contribution >= 4 is 44.9 Å². The van der Waals surface area contributed by atoms with Crippen molar-refractivity contribution in [2.75, 3.05) is 6.61 Å². The van der Waals surface area contributed by atoms with Crippen molar-refractivity contribution in [2.24, 2.45) is 5.10 Å². The van der Waals surface area contributed by atoms with Crippen LogP contribution in [-0.4, -0.2) is 31.5 Å². The monoisotopic (exact) mass is 352 g/mol. The van der Waals surface area contributed by atoms with E-state index in [0.717, 1.165) is 5.56 Å². The molecular formula is C12H14Cl2N2O4S. The van der Waals surface area contributed by atoms with E-state index in [1.807, 2.05) is 11.8 Å². The summed E-state index contributed by atoms with van der Waals surface area (Å²) in [6.07, 6.45) is 0. The van der Waals surface area contributed by atoms with Crippen LogP contribution in [0.2, 0.25) is 0 Å². The molecule has 21 heavy (non-hydrogen) atoms. The van der Waals surface area contributed by atoms with Crippen LogP contribution >= 0.6 is 23.2 Å². The van der Waals surface area contributed by atoms with Gasteiger partial charge < -0.3 is 4.74 Å². The van der Waals surface area contributed by atoms with Crippen LogP contribution in [0.1, 0.15) is 12.5 Å². The maximum absolute atomic E-state index is 12.0. The maximum atomic E-state index is 12.0. The van der Waals surface area contributed by atoms with E-state index in [1.165, 1.54) is 12.1 Å². The quantitative estimate of drug-likeness (QED) is 0.367. The molecule has 0 spiro atoms. The Morgan fingerprint density at radius 1 is 1.33 bits per heavy atom. The van der Waals surface area contributed by atoms with E-state index < -0.39 is 26.5 Å². The molecule has 0 aliphatic heterocycles. The van der Waals surface area contributed by atoms with Gasteiger partial charge in [-0.05, 0) is 26.0 Å². The number of hydrogen-bond acceptors (Lipinski definition) is 5. The predicted molar refractivity (Wildman–Crippen MR) is 81.1 cm³/mol. The van der Waals surface area contributed by atoms with E-state index in [2.05, 4.69) is 9.84 Å². The van der Waals surface area contributed by atoms with Crippen molar-refractivity contribution in [3.05, 3.63) is 29.8 Å². The van der Waals surface area contributed by atoms with Gasteiger partial charge in [-0.2, -0.15) is 18.4 Å². The zero-order chi connectivity index (χ0) is 16.0. The Balaban J connectivity index is 2.98. The minimum Gasteiger partial charge on any atom is -0.461 e. The summed E-state index contributed by atoms with van der Waals surface area (Å²) in [5.74, 6) is -0.890. The molecule has 1 N–H and O–H groups in total. The largest absolute Gasteiger partial charge is 0.461 e. The van der Waals surface area contributed by atoms with Crippen molar-refractivity contribution in [1.29, 1.82) is 0 Å². The molecule has 0 unspecified atom stereocenters. The van der Waals surface area contributed by atoms with E-state index >= 15 is 0 Å². The highest BCUT2D eigenvalue weighted by atomic mass is 35.5. The molecule has 0 radical (unpaired) electrons. The van der Waals surface area contributed by atoms with Crippen LogP contribution in [0.25, 0.3) is 0 Å². The van der Waals surface area contributed by atoms with Gasteiger partial charge in [0, 0.05) is 0 Å². The number of nitrogens with one attached hydrogen (secondary N) is 1. The van der Waals surface area contributed by atoms with E-state index in [0.29, 0.717) is 0 Å². The Bertz CT molecular complexity index is 627. The summed E-state index contributed by atoms with van der Waals surface area (Å²) in [5, 5.41) is 3.45. The molecule has 1 rings (SSSR count). The summed E-state index contributed by atoms with van der Waals surface area (Å²) in [7, 11) is -3.92. The van der Waals surface area contributed by atoms with Gasteiger partial charge in [0.25, 0.3) is 10.0 Å². The van der Waals surface area contributed by atoms with Gasteiger partial charge in [0.15, 0.2) is 10.5 Å². The number of hydrogen-bond donors (Lipinski definition) is 1. The van der Waals surface area contributed by atoms with Gasteiger partial charge in [0.05, 0.1) is 11.5 Å². The molecule has 0 bridgehead atoms. The van der Waals surface area contributed by atoms with Crippen LogP contribution in [0, 0.1) is 6.92 Å². The average Bonchev–Trinajstić information content (AvgIpc) is 2.39. The highest BCUT2D eigenvalue weighted by molar-refractivity contribution is 7.89. The molecule has 0 fully saturated rings. The number of rotatable bonds is 6. The summed E-state index contributed by atoms with van der Waals surface area (Å²) in [4.78, 5) is 12.1. The summed E-state index contributed by atoms with van der Waals surface area (Å²) >= 11 is 11.1. The van der Waals surface area contributed by atoms with Gasteiger partial charge >= 0.3 is 5.97 Å². The summed E-state index contributed by atoms with van der Waals surface area (Å²) in [5.41, 5.74) is 0.474. The Kier molecular flexibility index (Phi) is 6.44. The number of sulfonamides is 1. The van der Waals surface area contributed by atoms with Crippen LogP contribution in [0.15, 0.2) is 34.3 Å². The van der Waals surface area contributed by atoms with Crippen LogP contribution in [0.3, 0.4) is 0 Å². The zero-order valence-electron chi connectivity index (χ0n) is 11.3. The van der Waals surface area contributed by atoms with Gasteiger partial charge in [0.2, 0.25) is 0 Å². The Hall–Kier alpha value is -1.31. The fourth-order valence-electron chi connectivity index (χ4n) is 1.27. The number of carbonyl (C=O) groups is 1. The fourth-order valence-corrected chi connectivity index (χ4v) is 2.36. The van der Waals surface area contributed by atoms with Gasteiger partial charge in [-0.25, -0.2) is 4.79 Å². The Labute approximate surface area is 133 Å². The van der Waals surface area contributed by atoms with E-state index in [-0.39, 0.29) is 11.5 Å². The Morgan fingerprint density at radius 3 is 2.38 bits per heavy atom. The molecule has 9 heteroatoms. The van der Waals surface area contributed by atoms with E-state index in [9.17, 15) is 13.2 Å². The van der Waals surface area contributed by atoms with Gasteiger partial charge in [-0.3, -0.25) is 0 Å². The first kappa shape index (κ1) is 17.7. The molecule has 0 saturated heterocycles. The lowest BCUT2D eigenvalue weighted by atomic mass is 10.2. The second kappa shape index (κ2) is 7.63. The van der Waals surface area contributed by atoms with Crippen molar-refractivity contribution in [2.45, 2.75) is 23.6 Å². The topological polar surface area (TPSA) is 84.8 Å². The smallest absolute Gasteiger partial charge is 0.357 e. The van der Waals surface area contributed by atoms with E-state index in [1.54, 1.807) is 19.1 Å². The molecule has 0 aliphatic rings. The summed E-state index contributed by atoms with van der Waals surface area (Å²) in [6, 6.07) is 6.10. The minimum absolute atomic E-state index is 0.000698. The number of halogens is 2. The lowest BCUT2D eigenvalue weighted by molar-refractivity contribution is -0.135. The standard InChI is InChI=1S/C12H14Cl2N2O4S/c1-3-20-12(17)10(11(13)14)15-16-21(18,19)9-6-4-8(2)5-7-9/h4-7,11,16H,3H2,1-2H3. The van der Waals surface area contributed by atoms with Crippen molar-refractivity contribution in [3.63, 3.8) is 0 Å². The summed E-state index contributed by atoms with van der Waals surface area (Å²) < 4.78 is 28.7. The second-order valence-corrected chi connectivity index (χ2v) is 6.68. The van der Waals surface area contributed by atoms with Crippen LogP contribution in [-0.2, 0) is 19.6 Å². The van der Waals surface area contributed by atoms with Gasteiger partial charge in [-0.15, -0.1) is 0 Å². The van der Waals surface area contributed by atoms with Gasteiger partial charge in [-0.1, -0.05) is 40.9 Å². The molecule has 116 valence electrons. The number of alkyl halides is 2. The molecule has 1 aromatic carbocycles. The number of aryl methyl sites for hydroxylation is 1. The van der Waals surface area contributed by atoms with Crippen LogP contribution < -0.4 is 4.83 Å². The minimum atomic E-state index is -3.92. The molecule has 6 nitrogen and oxygen atoms in total. The molecule has 0 aliphatic carbocycles. The third-order valence-corrected chi connectivity index (χ3v) is 3.95. The highest BCUT2D eigenvalue weighted by Crippen LogP contribution is 2.11. The predicted octanol–water partition coefficient (Wildman–Crippen LogP) is 2.00. The van der Waals surface area contributed by atoms with Crippen LogP contribution in [0.5, 0.6) is 0 Å². The molecule has 0 amide bonds. The maximum Gasteiger partial charge on any atom is 0.357 e. The van der Waals surface area contributed by atoms with Crippen LogP contribution in [0.4, 0.5) is 0 Å². The molecular weight excluding hydrogens is 339 g/mol. The number of carbonyl (C=O) groups excluding carboxylic acids is 1. The number of esters is 1. The third kappa shape index (κ3) is 5.18. The van der Waals surface area contributed by atoms with E-state index in [4.69, 9.17) is 23.2 Å². The number of hydrazone groups is 1. The molecule has 0 aromatic heterocycles. The zero-order valence-corrected chi connectivity index (χ0v) is 13.7. The third-order valence-electron chi connectivity index (χ3n) is 2.31. The SMILES string of the molecule is CCOC(=O)C(=NNS(=O)(=O)c1ccc(C)cc1)C(Cl)Cl. The number of benzene rings is 1. The van der Waals surface area contributed by atoms with Gasteiger partial charge in [0.1, 0.15) is 0 Å². The molecule has 0 atom stereocenters. The molecule has 0 heterocycles. The fraction of sp³-hybridized carbons (Fsp3) is 0.333. The lowest BCUT2D eigenvalue weighted by Crippen LogP contribution is -2.28. The first-order valence-corrected chi connectivity index (χ1v) is 8.25. The molecule has 0 saturated carbocycles. The highest BCUT2D eigenvalue weighted by Gasteiger charge is 2.22. The molecule has 1 aromatic rings. The normalized spacial score (nSPS) is 12.3. The first-order chi connectivity index (χ1) is 9.77. The number of ether oxygens (including phenoxy) is 1. The first-order valence-electron chi connectivity index (χ1n) is 5.89. The lowest BCUT2D eigenvalue weighted by Gasteiger charge is -2.08. The average molecular weight is 353 g/mol. The summed E-state index contributed by atoms with van der Waals surface area (Å²) in [6.45, 7) is 3.50.